The molecule has 5 rings (SSSR count). The van der Waals surface area contributed by atoms with Gasteiger partial charge >= 0.3 is 35.5 Å². The molecule has 8 nitrogen and oxygen atoms in total. The topological polar surface area (TPSA) is 116 Å². The number of thioether (sulfide) groups is 1. The van der Waals surface area contributed by atoms with E-state index in [2.05, 4.69) is 5.32 Å². The van der Waals surface area contributed by atoms with Crippen molar-refractivity contribution in [1.29, 1.82) is 0 Å². The molecule has 3 aliphatic rings. The predicted molar refractivity (Wildman–Crippen MR) is 126 cm³/mol. The monoisotopic (exact) mass is 516 g/mol. The quantitative estimate of drug-likeness (QED) is 0.158. The Morgan fingerprint density at radius 3 is 2.50 bits per heavy atom. The number of fused-ring (bicyclic) bond motifs is 2. The van der Waals surface area contributed by atoms with Crippen LogP contribution in [0.1, 0.15) is 42.9 Å². The minimum absolute atomic E-state index is 0. The third-order valence-electron chi connectivity index (χ3n) is 6.88. The van der Waals surface area contributed by atoms with E-state index in [1.807, 2.05) is 12.1 Å². The van der Waals surface area contributed by atoms with Crippen LogP contribution < -0.4 is 44.7 Å². The molecule has 2 aliphatic heterocycles. The van der Waals surface area contributed by atoms with Crippen molar-refractivity contribution in [2.24, 2.45) is 0 Å². The third kappa shape index (κ3) is 4.69. The normalized spacial score (nSPS) is 24.0. The van der Waals surface area contributed by atoms with Crippen molar-refractivity contribution in [1.82, 2.24) is 10.2 Å². The SMILES string of the molecule is CC1(C)S[C@@H]2C(NC(=O)C(C(=O)Oc3ccc4c(c3)CCC4)c3ccccc3)C(=O)N2C1C(=O)[O-].[Na+]. The van der Waals surface area contributed by atoms with Gasteiger partial charge in [0.25, 0.3) is 0 Å². The molecule has 2 aromatic carbocycles. The summed E-state index contributed by atoms with van der Waals surface area (Å²) >= 11 is 1.29. The van der Waals surface area contributed by atoms with Crippen molar-refractivity contribution >= 4 is 35.5 Å². The second kappa shape index (κ2) is 10.2. The number of carbonyl (C=O) groups excluding carboxylic acids is 4. The maximum absolute atomic E-state index is 13.4. The van der Waals surface area contributed by atoms with Gasteiger partial charge in [-0.15, -0.1) is 11.8 Å². The number of nitrogens with one attached hydrogen (secondary N) is 1. The van der Waals surface area contributed by atoms with E-state index in [1.54, 1.807) is 50.2 Å². The molecule has 182 valence electrons. The van der Waals surface area contributed by atoms with Crippen molar-refractivity contribution in [2.45, 2.75) is 61.2 Å². The molecule has 1 aliphatic carbocycles. The Bertz CT molecular complexity index is 1220. The van der Waals surface area contributed by atoms with Crippen LogP contribution in [0.5, 0.6) is 5.75 Å². The number of aryl methyl sites for hydroxylation is 2. The van der Waals surface area contributed by atoms with Crippen molar-refractivity contribution in [3.63, 3.8) is 0 Å². The Hall–Kier alpha value is -2.33. The number of carboxylic acid groups (broad SMARTS) is 1. The largest absolute Gasteiger partial charge is 1.00 e. The summed E-state index contributed by atoms with van der Waals surface area (Å²) in [4.78, 5) is 52.3. The third-order valence-corrected chi connectivity index (χ3v) is 8.45. The molecule has 4 atom stereocenters. The Morgan fingerprint density at radius 1 is 1.11 bits per heavy atom. The van der Waals surface area contributed by atoms with Gasteiger partial charge in [0.05, 0.1) is 12.0 Å². The molecule has 0 saturated carbocycles. The van der Waals surface area contributed by atoms with Gasteiger partial charge in [-0.2, -0.15) is 0 Å². The zero-order chi connectivity index (χ0) is 24.9. The van der Waals surface area contributed by atoms with E-state index in [0.29, 0.717) is 11.3 Å². The second-order valence-corrected chi connectivity index (χ2v) is 11.4. The van der Waals surface area contributed by atoms with E-state index in [-0.39, 0.29) is 29.6 Å². The van der Waals surface area contributed by atoms with Crippen LogP contribution in [0.25, 0.3) is 0 Å². The summed E-state index contributed by atoms with van der Waals surface area (Å²) in [6, 6.07) is 12.0. The molecule has 2 amide bonds. The molecule has 10 heteroatoms. The smallest absolute Gasteiger partial charge is 0.548 e. The molecule has 2 saturated heterocycles. The second-order valence-electron chi connectivity index (χ2n) is 9.61. The van der Waals surface area contributed by atoms with Gasteiger partial charge in [0.1, 0.15) is 17.2 Å². The van der Waals surface area contributed by atoms with E-state index < -0.39 is 51.9 Å². The number of rotatable bonds is 6. The fourth-order valence-corrected chi connectivity index (χ4v) is 6.81. The van der Waals surface area contributed by atoms with Crippen molar-refractivity contribution < 1.29 is 58.6 Å². The van der Waals surface area contributed by atoms with Crippen LogP contribution in [0, 0.1) is 0 Å². The molecule has 2 heterocycles. The van der Waals surface area contributed by atoms with Gasteiger partial charge in [0.15, 0.2) is 5.92 Å². The number of β-lactam (4-membered cyclic amide) rings is 1. The summed E-state index contributed by atoms with van der Waals surface area (Å²) in [5.41, 5.74) is 2.81. The van der Waals surface area contributed by atoms with Crippen LogP contribution in [0.4, 0.5) is 0 Å². The van der Waals surface area contributed by atoms with Gasteiger partial charge in [-0.3, -0.25) is 14.4 Å². The van der Waals surface area contributed by atoms with Crippen LogP contribution in [0.2, 0.25) is 0 Å². The number of amides is 2. The number of ether oxygens (including phenoxy) is 1. The number of hydrogen-bond donors (Lipinski definition) is 1. The molecule has 0 bridgehead atoms. The van der Waals surface area contributed by atoms with E-state index >= 15 is 0 Å². The van der Waals surface area contributed by atoms with E-state index in [1.165, 1.54) is 22.2 Å². The first kappa shape index (κ1) is 26.7. The summed E-state index contributed by atoms with van der Waals surface area (Å²) in [5, 5.41) is 13.8. The van der Waals surface area contributed by atoms with E-state index in [4.69, 9.17) is 4.74 Å². The van der Waals surface area contributed by atoms with Gasteiger partial charge in [-0.05, 0) is 61.9 Å². The molecular formula is C26H25N2NaO6S. The van der Waals surface area contributed by atoms with Gasteiger partial charge in [0.2, 0.25) is 11.8 Å². The van der Waals surface area contributed by atoms with Crippen LogP contribution in [0.3, 0.4) is 0 Å². The molecule has 2 fully saturated rings. The summed E-state index contributed by atoms with van der Waals surface area (Å²) in [7, 11) is 0. The van der Waals surface area contributed by atoms with Gasteiger partial charge in [-0.25, -0.2) is 0 Å². The van der Waals surface area contributed by atoms with Crippen LogP contribution in [-0.2, 0) is 32.0 Å². The van der Waals surface area contributed by atoms with E-state index in [0.717, 1.165) is 24.8 Å². The van der Waals surface area contributed by atoms with Crippen LogP contribution in [0.15, 0.2) is 48.5 Å². The molecule has 0 radical (unpaired) electrons. The van der Waals surface area contributed by atoms with Crippen LogP contribution in [-0.4, -0.2) is 50.9 Å². The Kier molecular flexibility index (Phi) is 7.57. The number of esters is 1. The molecule has 2 aromatic rings. The average molecular weight is 517 g/mol. The van der Waals surface area contributed by atoms with Gasteiger partial charge in [0, 0.05) is 4.75 Å². The Balaban J connectivity index is 0.00000304. The summed E-state index contributed by atoms with van der Waals surface area (Å²) in [6.45, 7) is 3.45. The number of carboxylic acids is 1. The van der Waals surface area contributed by atoms with Crippen molar-refractivity contribution in [3.05, 3.63) is 65.2 Å². The number of aliphatic carboxylic acids is 1. The average Bonchev–Trinajstić information content (AvgIpc) is 3.38. The number of nitrogens with zero attached hydrogens (tertiary/aromatic N) is 1. The fraction of sp³-hybridized carbons (Fsp3) is 0.385. The zero-order valence-electron chi connectivity index (χ0n) is 20.4. The maximum atomic E-state index is 13.4. The molecule has 36 heavy (non-hydrogen) atoms. The summed E-state index contributed by atoms with van der Waals surface area (Å²) < 4.78 is 4.85. The minimum atomic E-state index is -1.33. The number of hydrogen-bond acceptors (Lipinski definition) is 7. The summed E-state index contributed by atoms with van der Waals surface area (Å²) in [5.74, 6) is -4.17. The molecule has 1 N–H and O–H groups in total. The van der Waals surface area contributed by atoms with Crippen LogP contribution >= 0.6 is 11.8 Å². The molecular weight excluding hydrogens is 491 g/mol. The Morgan fingerprint density at radius 2 is 1.81 bits per heavy atom. The van der Waals surface area contributed by atoms with Crippen molar-refractivity contribution in [3.8, 4) is 5.75 Å². The molecule has 3 unspecified atom stereocenters. The Labute approximate surface area is 235 Å². The zero-order valence-corrected chi connectivity index (χ0v) is 23.2. The first-order valence-corrected chi connectivity index (χ1v) is 12.4. The van der Waals surface area contributed by atoms with Crippen molar-refractivity contribution in [2.75, 3.05) is 0 Å². The fourth-order valence-electron chi connectivity index (χ4n) is 5.19. The van der Waals surface area contributed by atoms with Gasteiger partial charge < -0.3 is 24.9 Å². The molecule has 0 spiro atoms. The first-order chi connectivity index (χ1) is 16.7. The standard InChI is InChI=1S/C26H26N2O6S.Na/c1-26(2)20(24(31)32)28-22(30)19(23(28)35-26)27-21(29)18(15-7-4-3-5-8-15)25(33)34-17-12-11-14-9-6-10-16(14)13-17;/h3-5,7-8,11-13,18-20,23H,6,9-10H2,1-2H3,(H,27,29)(H,31,32);/q;+1/p-1/t18?,19?,20?,23-;/m1./s1. The number of carbonyl (C=O) groups is 4. The minimum Gasteiger partial charge on any atom is -0.548 e. The predicted octanol–water partition coefficient (Wildman–Crippen LogP) is -1.83. The summed E-state index contributed by atoms with van der Waals surface area (Å²) in [6.07, 6.45) is 2.98. The van der Waals surface area contributed by atoms with E-state index in [9.17, 15) is 24.3 Å². The molecule has 0 aromatic heterocycles. The number of benzene rings is 2. The maximum Gasteiger partial charge on any atom is 1.00 e. The first-order valence-electron chi connectivity index (χ1n) is 11.6. The van der Waals surface area contributed by atoms with Gasteiger partial charge in [-0.1, -0.05) is 36.4 Å².